The zero-order chi connectivity index (χ0) is 12.4. The first kappa shape index (κ1) is 12.6. The lowest BCUT2D eigenvalue weighted by Crippen LogP contribution is -2.45. The third-order valence-electron chi connectivity index (χ3n) is 4.49. The summed E-state index contributed by atoms with van der Waals surface area (Å²) in [4.78, 5) is 12.1. The van der Waals surface area contributed by atoms with Crippen LogP contribution >= 0.6 is 0 Å². The van der Waals surface area contributed by atoms with Crippen LogP contribution in [0.4, 0.5) is 0 Å². The second-order valence-corrected chi connectivity index (χ2v) is 5.77. The Morgan fingerprint density at radius 3 is 2.71 bits per heavy atom. The minimum Gasteiger partial charge on any atom is -0.353 e. The molecule has 0 aromatic rings. The number of nitrogens with two attached hydrogens (primary N) is 1. The van der Waals surface area contributed by atoms with Crippen LogP contribution in [0.2, 0.25) is 0 Å². The van der Waals surface area contributed by atoms with E-state index in [0.29, 0.717) is 12.0 Å². The van der Waals surface area contributed by atoms with Crippen molar-refractivity contribution < 1.29 is 4.79 Å². The van der Waals surface area contributed by atoms with Crippen LogP contribution in [0.15, 0.2) is 12.2 Å². The van der Waals surface area contributed by atoms with Crippen LogP contribution in [-0.4, -0.2) is 18.0 Å². The van der Waals surface area contributed by atoms with E-state index in [0.717, 1.165) is 18.8 Å². The molecule has 2 aliphatic carbocycles. The fourth-order valence-electron chi connectivity index (χ4n) is 3.00. The molecule has 0 spiro atoms. The van der Waals surface area contributed by atoms with Crippen LogP contribution in [0.3, 0.4) is 0 Å². The van der Waals surface area contributed by atoms with Gasteiger partial charge < -0.3 is 11.1 Å². The maximum atomic E-state index is 12.1. The molecule has 0 aromatic carbocycles. The number of carbonyl (C=O) groups is 1. The Kier molecular flexibility index (Phi) is 3.87. The Morgan fingerprint density at radius 1 is 1.29 bits per heavy atom. The van der Waals surface area contributed by atoms with Gasteiger partial charge in [-0.3, -0.25) is 4.79 Å². The van der Waals surface area contributed by atoms with Crippen molar-refractivity contribution in [2.75, 3.05) is 0 Å². The fraction of sp³-hybridized carbons (Fsp3) is 0.786. The summed E-state index contributed by atoms with van der Waals surface area (Å²) in [5, 5.41) is 3.22. The van der Waals surface area contributed by atoms with Gasteiger partial charge in [0.15, 0.2) is 0 Å². The van der Waals surface area contributed by atoms with E-state index >= 15 is 0 Å². The van der Waals surface area contributed by atoms with E-state index in [1.165, 1.54) is 12.8 Å². The quantitative estimate of drug-likeness (QED) is 0.719. The number of hydrogen-bond donors (Lipinski definition) is 2. The lowest BCUT2D eigenvalue weighted by Gasteiger charge is -2.35. The fourth-order valence-corrected chi connectivity index (χ4v) is 3.00. The standard InChI is InChI=1S/C14H24N2O/c1-9-4-3-5-13(10(9)2)16-14(17)11-6-7-12(15)8-11/h6-7,9-13H,3-5,8,15H2,1-2H3,(H,16,17). The van der Waals surface area contributed by atoms with Gasteiger partial charge in [0.05, 0.1) is 5.92 Å². The Labute approximate surface area is 104 Å². The van der Waals surface area contributed by atoms with Crippen LogP contribution in [0.5, 0.6) is 0 Å². The van der Waals surface area contributed by atoms with Gasteiger partial charge in [-0.2, -0.15) is 0 Å². The number of nitrogens with one attached hydrogen (secondary N) is 1. The predicted molar refractivity (Wildman–Crippen MR) is 69.3 cm³/mol. The Balaban J connectivity index is 1.88. The van der Waals surface area contributed by atoms with Crippen LogP contribution in [0.25, 0.3) is 0 Å². The normalized spacial score (nSPS) is 41.5. The van der Waals surface area contributed by atoms with E-state index in [1.54, 1.807) is 0 Å². The second-order valence-electron chi connectivity index (χ2n) is 5.77. The van der Waals surface area contributed by atoms with Crippen LogP contribution in [0.1, 0.15) is 39.5 Å². The summed E-state index contributed by atoms with van der Waals surface area (Å²) in [6.45, 7) is 4.54. The molecular weight excluding hydrogens is 212 g/mol. The number of rotatable bonds is 2. The average Bonchev–Trinajstić information content (AvgIpc) is 2.72. The Morgan fingerprint density at radius 2 is 2.06 bits per heavy atom. The molecule has 17 heavy (non-hydrogen) atoms. The number of hydrogen-bond acceptors (Lipinski definition) is 2. The van der Waals surface area contributed by atoms with Gasteiger partial charge in [0, 0.05) is 12.1 Å². The zero-order valence-corrected chi connectivity index (χ0v) is 10.9. The topological polar surface area (TPSA) is 55.1 Å². The van der Waals surface area contributed by atoms with E-state index < -0.39 is 0 Å². The molecule has 0 aliphatic heterocycles. The summed E-state index contributed by atoms with van der Waals surface area (Å²) < 4.78 is 0. The summed E-state index contributed by atoms with van der Waals surface area (Å²) >= 11 is 0. The summed E-state index contributed by atoms with van der Waals surface area (Å²) in [6.07, 6.45) is 8.31. The molecule has 0 radical (unpaired) electrons. The van der Waals surface area contributed by atoms with Crippen molar-refractivity contribution in [3.63, 3.8) is 0 Å². The molecule has 3 N–H and O–H groups in total. The maximum Gasteiger partial charge on any atom is 0.227 e. The molecule has 1 fully saturated rings. The Bertz CT molecular complexity index is 313. The van der Waals surface area contributed by atoms with Gasteiger partial charge in [0.25, 0.3) is 0 Å². The maximum absolute atomic E-state index is 12.1. The Hall–Kier alpha value is -0.830. The van der Waals surface area contributed by atoms with E-state index in [2.05, 4.69) is 19.2 Å². The van der Waals surface area contributed by atoms with Gasteiger partial charge in [-0.05, 0) is 24.7 Å². The van der Waals surface area contributed by atoms with Gasteiger partial charge >= 0.3 is 0 Å². The molecule has 2 aliphatic rings. The van der Waals surface area contributed by atoms with E-state index in [1.807, 2.05) is 12.2 Å². The molecule has 2 rings (SSSR count). The monoisotopic (exact) mass is 236 g/mol. The first-order valence-corrected chi connectivity index (χ1v) is 6.82. The second kappa shape index (κ2) is 5.21. The SMILES string of the molecule is CC1CCCC(NC(=O)C2C=CC(N)C2)C1C. The first-order chi connectivity index (χ1) is 8.08. The highest BCUT2D eigenvalue weighted by atomic mass is 16.1. The summed E-state index contributed by atoms with van der Waals surface area (Å²) in [5.74, 6) is 1.47. The molecule has 1 amide bonds. The van der Waals surface area contributed by atoms with Gasteiger partial charge in [-0.25, -0.2) is 0 Å². The molecule has 0 heterocycles. The highest BCUT2D eigenvalue weighted by molar-refractivity contribution is 5.81. The van der Waals surface area contributed by atoms with Crippen molar-refractivity contribution in [3.05, 3.63) is 12.2 Å². The van der Waals surface area contributed by atoms with E-state index in [9.17, 15) is 4.79 Å². The average molecular weight is 236 g/mol. The van der Waals surface area contributed by atoms with Crippen molar-refractivity contribution >= 4 is 5.91 Å². The molecule has 5 unspecified atom stereocenters. The lowest BCUT2D eigenvalue weighted by atomic mass is 9.78. The number of amides is 1. The molecular formula is C14H24N2O. The van der Waals surface area contributed by atoms with Crippen molar-refractivity contribution in [1.29, 1.82) is 0 Å². The van der Waals surface area contributed by atoms with Crippen molar-refractivity contribution in [2.24, 2.45) is 23.5 Å². The first-order valence-electron chi connectivity index (χ1n) is 6.82. The molecule has 96 valence electrons. The summed E-state index contributed by atoms with van der Waals surface area (Å²) in [6, 6.07) is 0.421. The highest BCUT2D eigenvalue weighted by Gasteiger charge is 2.30. The molecule has 3 heteroatoms. The predicted octanol–water partition coefficient (Wildman–Crippen LogP) is 1.83. The van der Waals surface area contributed by atoms with E-state index in [-0.39, 0.29) is 17.9 Å². The molecule has 0 saturated heterocycles. The van der Waals surface area contributed by atoms with Crippen LogP contribution < -0.4 is 11.1 Å². The van der Waals surface area contributed by atoms with Gasteiger partial charge in [-0.15, -0.1) is 0 Å². The smallest absolute Gasteiger partial charge is 0.227 e. The van der Waals surface area contributed by atoms with Crippen LogP contribution in [-0.2, 0) is 4.79 Å². The molecule has 5 atom stereocenters. The van der Waals surface area contributed by atoms with Crippen molar-refractivity contribution in [1.82, 2.24) is 5.32 Å². The molecule has 1 saturated carbocycles. The highest BCUT2D eigenvalue weighted by Crippen LogP contribution is 2.30. The van der Waals surface area contributed by atoms with Crippen molar-refractivity contribution in [2.45, 2.75) is 51.6 Å². The minimum absolute atomic E-state index is 0.00515. The summed E-state index contributed by atoms with van der Waals surface area (Å²) in [7, 11) is 0. The third-order valence-corrected chi connectivity index (χ3v) is 4.49. The zero-order valence-electron chi connectivity index (χ0n) is 10.9. The molecule has 0 bridgehead atoms. The van der Waals surface area contributed by atoms with Gasteiger partial charge in [0.1, 0.15) is 0 Å². The van der Waals surface area contributed by atoms with Crippen molar-refractivity contribution in [3.8, 4) is 0 Å². The van der Waals surface area contributed by atoms with E-state index in [4.69, 9.17) is 5.73 Å². The number of carbonyl (C=O) groups excluding carboxylic acids is 1. The largest absolute Gasteiger partial charge is 0.353 e. The molecule has 0 aromatic heterocycles. The third kappa shape index (κ3) is 2.89. The van der Waals surface area contributed by atoms with Crippen LogP contribution in [0, 0.1) is 17.8 Å². The van der Waals surface area contributed by atoms with Gasteiger partial charge in [-0.1, -0.05) is 38.8 Å². The van der Waals surface area contributed by atoms with Gasteiger partial charge in [0.2, 0.25) is 5.91 Å². The summed E-state index contributed by atoms with van der Waals surface area (Å²) in [5.41, 5.74) is 5.78. The molecule has 3 nitrogen and oxygen atoms in total. The lowest BCUT2D eigenvalue weighted by molar-refractivity contribution is -0.125. The minimum atomic E-state index is -0.00515.